The number of ether oxygens (including phenoxy) is 1. The third-order valence-corrected chi connectivity index (χ3v) is 8.31. The molecule has 0 spiro atoms. The summed E-state index contributed by atoms with van der Waals surface area (Å²) in [5, 5.41) is 0. The molecule has 0 fully saturated rings. The lowest BCUT2D eigenvalue weighted by atomic mass is 9.98. The van der Waals surface area contributed by atoms with Crippen LogP contribution in [0.2, 0.25) is 0 Å². The van der Waals surface area contributed by atoms with Crippen molar-refractivity contribution in [3.05, 3.63) is 95.7 Å². The Kier molecular flexibility index (Phi) is 9.91. The number of carbonyl (C=O) groups excluding carboxylic acids is 1. The number of hydrogen-bond donors (Lipinski definition) is 0. The second-order valence-corrected chi connectivity index (χ2v) is 13.2. The zero-order valence-electron chi connectivity index (χ0n) is 28.1. The smallest absolute Gasteiger partial charge is 0.339 e. The van der Waals surface area contributed by atoms with Gasteiger partial charge in [0.15, 0.2) is 0 Å². The van der Waals surface area contributed by atoms with Crippen molar-refractivity contribution in [2.45, 2.75) is 105 Å². The van der Waals surface area contributed by atoms with E-state index >= 15 is 0 Å². The molecule has 236 valence electrons. The maximum Gasteiger partial charge on any atom is 0.339 e. The third-order valence-electron chi connectivity index (χ3n) is 8.31. The predicted molar refractivity (Wildman–Crippen MR) is 185 cm³/mol. The van der Waals surface area contributed by atoms with Crippen LogP contribution in [0.1, 0.15) is 107 Å². The summed E-state index contributed by atoms with van der Waals surface area (Å²) in [6.07, 6.45) is 10.8. The van der Waals surface area contributed by atoms with Crippen LogP contribution in [0.15, 0.2) is 73.2 Å². The van der Waals surface area contributed by atoms with Crippen LogP contribution in [0, 0.1) is 6.92 Å². The molecule has 0 radical (unpaired) electrons. The topological polar surface area (TPSA) is 61.9 Å². The first-order valence-corrected chi connectivity index (χ1v) is 16.6. The minimum Gasteiger partial charge on any atom is -0.456 e. The number of benzene rings is 3. The van der Waals surface area contributed by atoms with Gasteiger partial charge in [-0.2, -0.15) is 0 Å². The van der Waals surface area contributed by atoms with E-state index in [9.17, 15) is 4.79 Å². The molecule has 0 aliphatic carbocycles. The molecule has 0 unspecified atom stereocenters. The Hall–Kier alpha value is -4.19. The second kappa shape index (κ2) is 13.8. The Balaban J connectivity index is 1.47. The van der Waals surface area contributed by atoms with Crippen molar-refractivity contribution in [1.82, 2.24) is 19.1 Å². The van der Waals surface area contributed by atoms with E-state index in [1.807, 2.05) is 51.4 Å². The zero-order chi connectivity index (χ0) is 32.1. The molecule has 0 bridgehead atoms. The van der Waals surface area contributed by atoms with Gasteiger partial charge in [-0.15, -0.1) is 0 Å². The van der Waals surface area contributed by atoms with Gasteiger partial charge in [0.2, 0.25) is 0 Å². The van der Waals surface area contributed by atoms with Crippen LogP contribution >= 0.6 is 0 Å². The first-order valence-electron chi connectivity index (χ1n) is 16.6. The monoisotopic (exact) mass is 604 g/mol. The summed E-state index contributed by atoms with van der Waals surface area (Å²) >= 11 is 0. The maximum atomic E-state index is 13.0. The van der Waals surface area contributed by atoms with Gasteiger partial charge in [0.05, 0.1) is 28.6 Å². The summed E-state index contributed by atoms with van der Waals surface area (Å²) < 4.78 is 10.4. The number of aryl methyl sites for hydroxylation is 2. The maximum absolute atomic E-state index is 13.0. The lowest BCUT2D eigenvalue weighted by molar-refractivity contribution is 0.00704. The fourth-order valence-electron chi connectivity index (χ4n) is 6.19. The summed E-state index contributed by atoms with van der Waals surface area (Å²) in [7, 11) is 0. The predicted octanol–water partition coefficient (Wildman–Crippen LogP) is 9.97. The van der Waals surface area contributed by atoms with Gasteiger partial charge in [-0.05, 0) is 87.4 Å². The van der Waals surface area contributed by atoms with Crippen molar-refractivity contribution in [2.75, 3.05) is 0 Å². The Morgan fingerprint density at radius 3 is 2.29 bits per heavy atom. The normalized spacial score (nSPS) is 11.9. The molecule has 0 amide bonds. The van der Waals surface area contributed by atoms with Crippen molar-refractivity contribution >= 4 is 17.0 Å². The van der Waals surface area contributed by atoms with Crippen LogP contribution < -0.4 is 0 Å². The van der Waals surface area contributed by atoms with Crippen LogP contribution in [-0.2, 0) is 17.7 Å². The fourth-order valence-corrected chi connectivity index (χ4v) is 6.19. The minimum absolute atomic E-state index is 0.307. The number of nitrogens with zero attached hydrogens (tertiary/aromatic N) is 4. The highest BCUT2D eigenvalue weighted by Gasteiger charge is 2.21. The third kappa shape index (κ3) is 7.38. The summed E-state index contributed by atoms with van der Waals surface area (Å²) in [6.45, 7) is 15.3. The van der Waals surface area contributed by atoms with Crippen molar-refractivity contribution in [3.63, 3.8) is 0 Å². The number of fused-ring (bicyclic) bond motifs is 1. The highest BCUT2D eigenvalue weighted by atomic mass is 16.6. The van der Waals surface area contributed by atoms with E-state index in [0.29, 0.717) is 18.2 Å². The number of aromatic nitrogens is 4. The van der Waals surface area contributed by atoms with E-state index in [4.69, 9.17) is 14.7 Å². The van der Waals surface area contributed by atoms with Gasteiger partial charge < -0.3 is 13.9 Å². The average molecular weight is 605 g/mol. The van der Waals surface area contributed by atoms with Crippen LogP contribution in [-0.4, -0.2) is 30.7 Å². The molecule has 2 heterocycles. The molecule has 0 aliphatic heterocycles. The molecule has 0 atom stereocenters. The molecule has 5 aromatic rings. The van der Waals surface area contributed by atoms with Gasteiger partial charge in [-0.3, -0.25) is 0 Å². The van der Waals surface area contributed by atoms with Gasteiger partial charge in [-0.1, -0.05) is 76.1 Å². The summed E-state index contributed by atoms with van der Waals surface area (Å²) in [6, 6.07) is 21.2. The van der Waals surface area contributed by atoms with E-state index in [1.165, 1.54) is 36.8 Å². The molecule has 3 aromatic carbocycles. The Morgan fingerprint density at radius 2 is 1.62 bits per heavy atom. The molecule has 6 nitrogen and oxygen atoms in total. The van der Waals surface area contributed by atoms with Crippen molar-refractivity contribution in [2.24, 2.45) is 0 Å². The van der Waals surface area contributed by atoms with E-state index in [-0.39, 0.29) is 5.97 Å². The quantitative estimate of drug-likeness (QED) is 0.133. The van der Waals surface area contributed by atoms with Crippen molar-refractivity contribution in [1.29, 1.82) is 0 Å². The molecule has 6 heteroatoms. The Morgan fingerprint density at radius 1 is 0.911 bits per heavy atom. The summed E-state index contributed by atoms with van der Waals surface area (Å²) in [4.78, 5) is 22.9. The molecule has 0 saturated carbocycles. The zero-order valence-corrected chi connectivity index (χ0v) is 28.1. The molecule has 45 heavy (non-hydrogen) atoms. The lowest BCUT2D eigenvalue weighted by Gasteiger charge is -2.20. The highest BCUT2D eigenvalue weighted by Crippen LogP contribution is 2.31. The number of esters is 1. The number of rotatable bonds is 12. The molecular formula is C39H48N4O2. The number of imidazole rings is 2. The van der Waals surface area contributed by atoms with Crippen LogP contribution in [0.4, 0.5) is 0 Å². The van der Waals surface area contributed by atoms with E-state index in [2.05, 4.69) is 79.4 Å². The number of hydrogen-bond acceptors (Lipinski definition) is 4. The van der Waals surface area contributed by atoms with Crippen LogP contribution in [0.25, 0.3) is 33.4 Å². The number of carbonyl (C=O) groups is 1. The molecule has 0 saturated heterocycles. The van der Waals surface area contributed by atoms with Gasteiger partial charge in [0, 0.05) is 30.8 Å². The Bertz CT molecular complexity index is 1750. The van der Waals surface area contributed by atoms with E-state index in [1.54, 1.807) is 0 Å². The second-order valence-electron chi connectivity index (χ2n) is 13.2. The summed E-state index contributed by atoms with van der Waals surface area (Å²) in [5.41, 5.74) is 8.56. The molecule has 2 aromatic heterocycles. The first kappa shape index (κ1) is 32.2. The van der Waals surface area contributed by atoms with Gasteiger partial charge in [0.25, 0.3) is 0 Å². The van der Waals surface area contributed by atoms with Gasteiger partial charge >= 0.3 is 5.97 Å². The SMILES string of the molecule is CCCc1nc2c(C)cc(-c3cn(C(CCC)CCC)cn3)cc2n1Cc1ccc(-c2ccccc2C(=O)OC(C)(C)C)cc1. The summed E-state index contributed by atoms with van der Waals surface area (Å²) in [5.74, 6) is 0.794. The van der Waals surface area contributed by atoms with Crippen LogP contribution in [0.5, 0.6) is 0 Å². The highest BCUT2D eigenvalue weighted by molar-refractivity contribution is 5.97. The van der Waals surface area contributed by atoms with Crippen LogP contribution in [0.3, 0.4) is 0 Å². The largest absolute Gasteiger partial charge is 0.456 e. The molecule has 0 aliphatic rings. The van der Waals surface area contributed by atoms with Crippen molar-refractivity contribution < 1.29 is 9.53 Å². The molecule has 5 rings (SSSR count). The van der Waals surface area contributed by atoms with Gasteiger partial charge in [0.1, 0.15) is 11.4 Å². The fraction of sp³-hybridized carbons (Fsp3) is 0.410. The van der Waals surface area contributed by atoms with Crippen molar-refractivity contribution in [3.8, 4) is 22.4 Å². The first-order chi connectivity index (χ1) is 21.6. The molecule has 0 N–H and O–H groups in total. The Labute approximate surface area is 268 Å². The van der Waals surface area contributed by atoms with Gasteiger partial charge in [-0.25, -0.2) is 14.8 Å². The lowest BCUT2D eigenvalue weighted by Crippen LogP contribution is -2.24. The molecular weight excluding hydrogens is 556 g/mol. The minimum atomic E-state index is -0.553. The average Bonchev–Trinajstić information content (AvgIpc) is 3.63. The van der Waals surface area contributed by atoms with E-state index in [0.717, 1.165) is 52.1 Å². The van der Waals surface area contributed by atoms with E-state index < -0.39 is 5.60 Å². The standard InChI is InChI=1S/C39H48N4O2/c1-8-13-31(14-9-2)42-25-34(40-26-42)30-22-27(4)37-35(23-30)43(36(41-37)15-10-3)24-28-18-20-29(21-19-28)32-16-11-12-17-33(32)38(44)45-39(5,6)7/h11-12,16-23,25-26,31H,8-10,13-15,24H2,1-7H3.